The number of benzene rings is 2. The molecular formula is C19H16F8S2. The van der Waals surface area contributed by atoms with Crippen molar-refractivity contribution in [3.05, 3.63) is 46.5 Å². The molecule has 2 aromatic carbocycles. The number of hydrogen-bond donors (Lipinski definition) is 0. The monoisotopic (exact) mass is 460 g/mol. The van der Waals surface area contributed by atoms with Crippen LogP contribution in [-0.4, -0.2) is 11.5 Å². The Morgan fingerprint density at radius 1 is 0.586 bits per heavy atom. The molecule has 2 aromatic rings. The van der Waals surface area contributed by atoms with Gasteiger partial charge in [0.25, 0.3) is 0 Å². The summed E-state index contributed by atoms with van der Waals surface area (Å²) >= 11 is 0.935. The van der Waals surface area contributed by atoms with E-state index in [0.29, 0.717) is 29.9 Å². The van der Waals surface area contributed by atoms with E-state index in [1.54, 1.807) is 20.8 Å². The fraction of sp³-hybridized carbons (Fsp3) is 0.368. The van der Waals surface area contributed by atoms with Gasteiger partial charge in [-0.3, -0.25) is 0 Å². The first-order valence-electron chi connectivity index (χ1n) is 8.52. The Balaban J connectivity index is 2.76. The zero-order chi connectivity index (χ0) is 22.0. The minimum atomic E-state index is -2.14. The molecule has 2 rings (SSSR count). The summed E-state index contributed by atoms with van der Waals surface area (Å²) in [5, 5.41) is 0. The Labute approximate surface area is 171 Å². The lowest BCUT2D eigenvalue weighted by molar-refractivity contribution is 0.415. The zero-order valence-corrected chi connectivity index (χ0v) is 17.2. The minimum absolute atomic E-state index is 0.0872. The van der Waals surface area contributed by atoms with E-state index in [-0.39, 0.29) is 17.4 Å². The highest BCUT2D eigenvalue weighted by atomic mass is 32.2. The molecule has 0 aliphatic carbocycles. The van der Waals surface area contributed by atoms with Gasteiger partial charge in [0, 0.05) is 5.75 Å². The maximum atomic E-state index is 14.5. The van der Waals surface area contributed by atoms with Crippen LogP contribution in [0.15, 0.2) is 9.79 Å². The lowest BCUT2D eigenvalue weighted by atomic mass is 10.0. The second-order valence-corrected chi connectivity index (χ2v) is 8.61. The van der Waals surface area contributed by atoms with E-state index in [4.69, 9.17) is 0 Å². The van der Waals surface area contributed by atoms with Crippen LogP contribution in [0.2, 0.25) is 0 Å². The maximum Gasteiger partial charge on any atom is 0.176 e. The van der Waals surface area contributed by atoms with E-state index in [9.17, 15) is 35.1 Å². The van der Waals surface area contributed by atoms with Gasteiger partial charge in [0.15, 0.2) is 46.5 Å². The number of rotatable bonds is 7. The molecule has 160 valence electrons. The summed E-state index contributed by atoms with van der Waals surface area (Å²) in [6.07, 6.45) is 0.420. The third kappa shape index (κ3) is 4.52. The number of halogens is 8. The molecule has 0 aliphatic heterocycles. The van der Waals surface area contributed by atoms with E-state index in [0.717, 1.165) is 0 Å². The first-order chi connectivity index (χ1) is 13.5. The molecule has 0 fully saturated rings. The zero-order valence-electron chi connectivity index (χ0n) is 15.5. The van der Waals surface area contributed by atoms with Crippen LogP contribution in [0.3, 0.4) is 0 Å². The second-order valence-electron chi connectivity index (χ2n) is 6.47. The summed E-state index contributed by atoms with van der Waals surface area (Å²) in [7, 11) is 0. The Bertz CT molecular complexity index is 869. The van der Waals surface area contributed by atoms with Crippen molar-refractivity contribution >= 4 is 23.5 Å². The lowest BCUT2D eigenvalue weighted by Gasteiger charge is -2.15. The first kappa shape index (κ1) is 23.9. The van der Waals surface area contributed by atoms with Crippen molar-refractivity contribution in [2.75, 3.05) is 11.5 Å². The molecular weight excluding hydrogens is 444 g/mol. The van der Waals surface area contributed by atoms with E-state index in [2.05, 4.69) is 0 Å². The second kappa shape index (κ2) is 9.59. The third-order valence-electron chi connectivity index (χ3n) is 3.71. The van der Waals surface area contributed by atoms with Crippen molar-refractivity contribution in [2.45, 2.75) is 37.0 Å². The first-order valence-corrected chi connectivity index (χ1v) is 10.5. The quantitative estimate of drug-likeness (QED) is 0.236. The third-order valence-corrected chi connectivity index (χ3v) is 6.45. The van der Waals surface area contributed by atoms with E-state index in [1.807, 2.05) is 0 Å². The van der Waals surface area contributed by atoms with Crippen molar-refractivity contribution in [3.63, 3.8) is 0 Å². The Morgan fingerprint density at radius 2 is 0.931 bits per heavy atom. The van der Waals surface area contributed by atoms with Gasteiger partial charge < -0.3 is 0 Å². The highest BCUT2D eigenvalue weighted by Gasteiger charge is 2.34. The molecule has 0 nitrogen and oxygen atoms in total. The Kier molecular flexibility index (Phi) is 7.89. The standard InChI is InChI=1S/C19H16F8S2/c1-4-5-28-18-14(24)10(20)8(11(21)15(18)25)9-12(22)16(26)19(17(27)13(9)23)29-6-7(2)3/h7H,4-6H2,1-3H3. The molecule has 0 aromatic heterocycles. The van der Waals surface area contributed by atoms with E-state index >= 15 is 0 Å². The summed E-state index contributed by atoms with van der Waals surface area (Å²) < 4.78 is 115. The van der Waals surface area contributed by atoms with Gasteiger partial charge in [-0.2, -0.15) is 0 Å². The average Bonchev–Trinajstić information content (AvgIpc) is 2.67. The summed E-state index contributed by atoms with van der Waals surface area (Å²) in [6.45, 7) is 5.04. The van der Waals surface area contributed by atoms with Crippen LogP contribution in [0, 0.1) is 52.5 Å². The predicted octanol–water partition coefficient (Wildman–Crippen LogP) is 7.72. The van der Waals surface area contributed by atoms with Gasteiger partial charge in [-0.15, -0.1) is 23.5 Å². The summed E-state index contributed by atoms with van der Waals surface area (Å²) in [5.74, 6) is -16.0. The molecule has 0 bridgehead atoms. The Hall–Kier alpha value is -1.42. The van der Waals surface area contributed by atoms with Gasteiger partial charge in [-0.1, -0.05) is 20.8 Å². The van der Waals surface area contributed by atoms with Crippen LogP contribution in [0.5, 0.6) is 0 Å². The van der Waals surface area contributed by atoms with Crippen molar-refractivity contribution in [3.8, 4) is 11.1 Å². The fourth-order valence-corrected chi connectivity index (χ4v) is 4.14. The average molecular weight is 460 g/mol. The Morgan fingerprint density at radius 3 is 1.24 bits per heavy atom. The minimum Gasteiger partial charge on any atom is -0.203 e. The maximum absolute atomic E-state index is 14.5. The van der Waals surface area contributed by atoms with E-state index in [1.165, 1.54) is 0 Å². The van der Waals surface area contributed by atoms with Gasteiger partial charge in [0.05, 0.1) is 20.9 Å². The highest BCUT2D eigenvalue weighted by molar-refractivity contribution is 7.99. The summed E-state index contributed by atoms with van der Waals surface area (Å²) in [6, 6.07) is 0. The molecule has 0 spiro atoms. The van der Waals surface area contributed by atoms with Crippen LogP contribution in [0.4, 0.5) is 35.1 Å². The van der Waals surface area contributed by atoms with Gasteiger partial charge in [0.1, 0.15) is 0 Å². The molecule has 0 saturated carbocycles. The predicted molar refractivity (Wildman–Crippen MR) is 98.1 cm³/mol. The molecule has 29 heavy (non-hydrogen) atoms. The molecule has 0 heterocycles. The van der Waals surface area contributed by atoms with Crippen molar-refractivity contribution in [1.29, 1.82) is 0 Å². The highest BCUT2D eigenvalue weighted by Crippen LogP contribution is 2.42. The van der Waals surface area contributed by atoms with Crippen LogP contribution < -0.4 is 0 Å². The van der Waals surface area contributed by atoms with Crippen LogP contribution in [-0.2, 0) is 0 Å². The van der Waals surface area contributed by atoms with Crippen molar-refractivity contribution < 1.29 is 35.1 Å². The van der Waals surface area contributed by atoms with Crippen LogP contribution in [0.25, 0.3) is 11.1 Å². The summed E-state index contributed by atoms with van der Waals surface area (Å²) in [4.78, 5) is -2.04. The molecule has 10 heteroatoms. The molecule has 0 saturated heterocycles. The molecule has 0 N–H and O–H groups in total. The lowest BCUT2D eigenvalue weighted by Crippen LogP contribution is -2.09. The largest absolute Gasteiger partial charge is 0.203 e. The molecule has 0 unspecified atom stereocenters. The topological polar surface area (TPSA) is 0 Å². The summed E-state index contributed by atoms with van der Waals surface area (Å²) in [5.41, 5.74) is -3.68. The van der Waals surface area contributed by atoms with Crippen molar-refractivity contribution in [2.24, 2.45) is 5.92 Å². The van der Waals surface area contributed by atoms with Gasteiger partial charge in [0.2, 0.25) is 0 Å². The number of hydrogen-bond acceptors (Lipinski definition) is 2. The van der Waals surface area contributed by atoms with Crippen LogP contribution >= 0.6 is 23.5 Å². The van der Waals surface area contributed by atoms with E-state index < -0.39 is 67.5 Å². The molecule has 0 radical (unpaired) electrons. The van der Waals surface area contributed by atoms with Crippen LogP contribution in [0.1, 0.15) is 27.2 Å². The smallest absolute Gasteiger partial charge is 0.176 e. The normalized spacial score (nSPS) is 11.6. The molecule has 0 atom stereocenters. The fourth-order valence-electron chi connectivity index (χ4n) is 2.37. The molecule has 0 aliphatic rings. The SMILES string of the molecule is CCCSc1c(F)c(F)c(-c2c(F)c(F)c(SCC(C)C)c(F)c2F)c(F)c1F. The van der Waals surface area contributed by atoms with Gasteiger partial charge >= 0.3 is 0 Å². The van der Waals surface area contributed by atoms with Gasteiger partial charge in [-0.05, 0) is 18.1 Å². The van der Waals surface area contributed by atoms with Gasteiger partial charge in [-0.25, -0.2) is 35.1 Å². The number of thioether (sulfide) groups is 2. The molecule has 0 amide bonds. The van der Waals surface area contributed by atoms with Crippen molar-refractivity contribution in [1.82, 2.24) is 0 Å².